The van der Waals surface area contributed by atoms with Crippen LogP contribution in [0.25, 0.3) is 0 Å². The molecule has 2 atom stereocenters. The Morgan fingerprint density at radius 2 is 1.92 bits per heavy atom. The van der Waals surface area contributed by atoms with Gasteiger partial charge >= 0.3 is 0 Å². The molecule has 1 heteroatoms. The molecule has 0 aliphatic heterocycles. The Labute approximate surface area is 76.5 Å². The molecule has 1 nitrogen and oxygen atoms in total. The molecule has 0 spiro atoms. The molecular weight excluding hydrogens is 148 g/mol. The molecule has 0 aromatic heterocycles. The van der Waals surface area contributed by atoms with Crippen LogP contribution in [0.15, 0.2) is 12.3 Å². The lowest BCUT2D eigenvalue weighted by atomic mass is 9.97. The van der Waals surface area contributed by atoms with Crippen molar-refractivity contribution in [3.63, 3.8) is 0 Å². The molecule has 0 saturated carbocycles. The van der Waals surface area contributed by atoms with E-state index in [1.165, 1.54) is 25.7 Å². The summed E-state index contributed by atoms with van der Waals surface area (Å²) < 4.78 is 0. The topological polar surface area (TPSA) is 20.2 Å². The highest BCUT2D eigenvalue weighted by Gasteiger charge is 2.00. The summed E-state index contributed by atoms with van der Waals surface area (Å²) in [5.74, 6) is 1.38. The van der Waals surface area contributed by atoms with E-state index in [1.807, 2.05) is 6.08 Å². The van der Waals surface area contributed by atoms with Gasteiger partial charge in [0.25, 0.3) is 0 Å². The maximum Gasteiger partial charge on any atom is 0.0754 e. The van der Waals surface area contributed by atoms with Gasteiger partial charge in [0.15, 0.2) is 0 Å². The van der Waals surface area contributed by atoms with Crippen molar-refractivity contribution in [2.24, 2.45) is 11.8 Å². The highest BCUT2D eigenvalue weighted by atomic mass is 16.2. The standard InChI is InChI=1S/C11H22O/c1-4-10(2)6-5-7-11(3)8-9-12/h8-12H,4-7H2,1-3H3. The van der Waals surface area contributed by atoms with Crippen LogP contribution in [0, 0.1) is 11.8 Å². The van der Waals surface area contributed by atoms with E-state index >= 15 is 0 Å². The van der Waals surface area contributed by atoms with Crippen LogP contribution in [0.3, 0.4) is 0 Å². The van der Waals surface area contributed by atoms with E-state index in [-0.39, 0.29) is 0 Å². The molecule has 72 valence electrons. The van der Waals surface area contributed by atoms with Crippen molar-refractivity contribution in [2.75, 3.05) is 0 Å². The molecule has 0 aliphatic rings. The van der Waals surface area contributed by atoms with Gasteiger partial charge in [0.2, 0.25) is 0 Å². The van der Waals surface area contributed by atoms with Crippen LogP contribution in [-0.2, 0) is 0 Å². The third-order valence-electron chi connectivity index (χ3n) is 2.47. The van der Waals surface area contributed by atoms with E-state index < -0.39 is 0 Å². The first kappa shape index (κ1) is 11.5. The van der Waals surface area contributed by atoms with E-state index in [1.54, 1.807) is 0 Å². The number of aliphatic hydroxyl groups excluding tert-OH is 1. The van der Waals surface area contributed by atoms with E-state index in [0.717, 1.165) is 12.2 Å². The van der Waals surface area contributed by atoms with Crippen molar-refractivity contribution < 1.29 is 5.11 Å². The summed E-state index contributed by atoms with van der Waals surface area (Å²) >= 11 is 0. The quantitative estimate of drug-likeness (QED) is 0.599. The van der Waals surface area contributed by atoms with Crippen molar-refractivity contribution in [3.8, 4) is 0 Å². The predicted molar refractivity (Wildman–Crippen MR) is 54.2 cm³/mol. The SMILES string of the molecule is CCC(C)CCCC(C)C=CO. The Morgan fingerprint density at radius 1 is 1.25 bits per heavy atom. The van der Waals surface area contributed by atoms with Gasteiger partial charge in [-0.25, -0.2) is 0 Å². The lowest BCUT2D eigenvalue weighted by Gasteiger charge is -2.09. The smallest absolute Gasteiger partial charge is 0.0754 e. The van der Waals surface area contributed by atoms with Gasteiger partial charge in [0, 0.05) is 0 Å². The Hall–Kier alpha value is -0.460. The van der Waals surface area contributed by atoms with Crippen LogP contribution in [0.5, 0.6) is 0 Å². The highest BCUT2D eigenvalue weighted by Crippen LogP contribution is 2.15. The highest BCUT2D eigenvalue weighted by molar-refractivity contribution is 4.78. The van der Waals surface area contributed by atoms with Gasteiger partial charge in [-0.15, -0.1) is 0 Å². The second-order valence-electron chi connectivity index (χ2n) is 3.76. The summed E-state index contributed by atoms with van der Waals surface area (Å²) in [6.07, 6.45) is 8.09. The molecule has 0 heterocycles. The molecule has 0 aliphatic carbocycles. The van der Waals surface area contributed by atoms with E-state index in [9.17, 15) is 0 Å². The Balaban J connectivity index is 3.30. The molecule has 2 unspecified atom stereocenters. The van der Waals surface area contributed by atoms with E-state index in [0.29, 0.717) is 5.92 Å². The summed E-state index contributed by atoms with van der Waals surface area (Å²) in [5, 5.41) is 8.51. The van der Waals surface area contributed by atoms with Crippen molar-refractivity contribution in [1.29, 1.82) is 0 Å². The van der Waals surface area contributed by atoms with Gasteiger partial charge < -0.3 is 5.11 Å². The maximum absolute atomic E-state index is 8.51. The Kier molecular flexibility index (Phi) is 6.93. The van der Waals surface area contributed by atoms with Crippen LogP contribution in [0.1, 0.15) is 46.5 Å². The zero-order valence-electron chi connectivity index (χ0n) is 8.59. The fourth-order valence-electron chi connectivity index (χ4n) is 1.24. The largest absolute Gasteiger partial charge is 0.516 e. The van der Waals surface area contributed by atoms with Gasteiger partial charge in [0.05, 0.1) is 6.26 Å². The minimum absolute atomic E-state index is 0.527. The first-order valence-electron chi connectivity index (χ1n) is 5.01. The lowest BCUT2D eigenvalue weighted by Crippen LogP contribution is -1.95. The third-order valence-corrected chi connectivity index (χ3v) is 2.47. The summed E-state index contributed by atoms with van der Waals surface area (Å²) in [5.41, 5.74) is 0. The van der Waals surface area contributed by atoms with Gasteiger partial charge in [-0.3, -0.25) is 0 Å². The Bertz CT molecular complexity index is 118. The molecule has 0 aromatic rings. The van der Waals surface area contributed by atoms with Gasteiger partial charge in [-0.05, 0) is 24.3 Å². The average Bonchev–Trinajstić information content (AvgIpc) is 2.04. The zero-order chi connectivity index (χ0) is 9.40. The van der Waals surface area contributed by atoms with Gasteiger partial charge in [-0.2, -0.15) is 0 Å². The number of hydrogen-bond acceptors (Lipinski definition) is 1. The maximum atomic E-state index is 8.51. The molecule has 0 saturated heterocycles. The molecule has 0 amide bonds. The number of aliphatic hydroxyl groups is 1. The zero-order valence-corrected chi connectivity index (χ0v) is 8.59. The molecule has 12 heavy (non-hydrogen) atoms. The number of rotatable bonds is 6. The molecular formula is C11H22O. The minimum Gasteiger partial charge on any atom is -0.516 e. The Morgan fingerprint density at radius 3 is 2.42 bits per heavy atom. The summed E-state index contributed by atoms with van der Waals surface area (Å²) in [6.45, 7) is 6.68. The number of allylic oxidation sites excluding steroid dienone is 1. The second kappa shape index (κ2) is 7.20. The van der Waals surface area contributed by atoms with E-state index in [2.05, 4.69) is 20.8 Å². The van der Waals surface area contributed by atoms with Crippen molar-refractivity contribution in [1.82, 2.24) is 0 Å². The van der Waals surface area contributed by atoms with Crippen LogP contribution in [-0.4, -0.2) is 5.11 Å². The summed E-state index contributed by atoms with van der Waals surface area (Å²) in [4.78, 5) is 0. The minimum atomic E-state index is 0.527. The fourth-order valence-corrected chi connectivity index (χ4v) is 1.24. The molecule has 0 bridgehead atoms. The predicted octanol–water partition coefficient (Wildman–Crippen LogP) is 3.91. The van der Waals surface area contributed by atoms with E-state index in [4.69, 9.17) is 5.11 Å². The summed E-state index contributed by atoms with van der Waals surface area (Å²) in [7, 11) is 0. The van der Waals surface area contributed by atoms with Gasteiger partial charge in [0.1, 0.15) is 0 Å². The van der Waals surface area contributed by atoms with Crippen LogP contribution < -0.4 is 0 Å². The molecule has 0 radical (unpaired) electrons. The fraction of sp³-hybridized carbons (Fsp3) is 0.818. The third kappa shape index (κ3) is 6.26. The van der Waals surface area contributed by atoms with Crippen molar-refractivity contribution in [3.05, 3.63) is 12.3 Å². The monoisotopic (exact) mass is 170 g/mol. The molecule has 1 N–H and O–H groups in total. The van der Waals surface area contributed by atoms with Crippen LogP contribution >= 0.6 is 0 Å². The molecule has 0 aromatic carbocycles. The average molecular weight is 170 g/mol. The number of hydrogen-bond donors (Lipinski definition) is 1. The first-order valence-corrected chi connectivity index (χ1v) is 5.01. The first-order chi connectivity index (χ1) is 5.70. The molecule has 0 rings (SSSR count). The van der Waals surface area contributed by atoms with Crippen LogP contribution in [0.4, 0.5) is 0 Å². The molecule has 0 fully saturated rings. The van der Waals surface area contributed by atoms with Crippen molar-refractivity contribution >= 4 is 0 Å². The summed E-state index contributed by atoms with van der Waals surface area (Å²) in [6, 6.07) is 0. The van der Waals surface area contributed by atoms with Crippen LogP contribution in [0.2, 0.25) is 0 Å². The normalized spacial score (nSPS) is 16.6. The lowest BCUT2D eigenvalue weighted by molar-refractivity contribution is 0.445. The van der Waals surface area contributed by atoms with Gasteiger partial charge in [-0.1, -0.05) is 40.0 Å². The van der Waals surface area contributed by atoms with Crippen molar-refractivity contribution in [2.45, 2.75) is 46.5 Å². The second-order valence-corrected chi connectivity index (χ2v) is 3.76.